The van der Waals surface area contributed by atoms with Crippen LogP contribution in [0.5, 0.6) is 46.0 Å². The molecule has 1 aromatic heterocycles. The molecular weight excluding hydrogens is 1300 g/mol. The van der Waals surface area contributed by atoms with Crippen LogP contribution in [0.1, 0.15) is 142 Å². The van der Waals surface area contributed by atoms with Gasteiger partial charge in [-0.15, -0.1) is 5.10 Å². The Bertz CT molecular complexity index is 4440. The van der Waals surface area contributed by atoms with Gasteiger partial charge in [0.15, 0.2) is 11.5 Å². The Labute approximate surface area is 590 Å². The number of hydrogen-bond donors (Lipinski definition) is 0. The largest absolute Gasteiger partial charge is 0.497 e. The Hall–Kier alpha value is -10.6. The predicted molar refractivity (Wildman–Crippen MR) is 393 cm³/mol. The summed E-state index contributed by atoms with van der Waals surface area (Å²) >= 11 is 6.23. The molecule has 1 atom stereocenters. The number of unbranched alkanes of at least 4 members (excludes halogenated alkanes) is 5. The van der Waals surface area contributed by atoms with Crippen molar-refractivity contribution < 1.29 is 51.9 Å². The molecule has 0 fully saturated rings. The van der Waals surface area contributed by atoms with Gasteiger partial charge in [0.1, 0.15) is 41.1 Å². The molecule has 20 heteroatoms. The molecule has 1 unspecified atom stereocenters. The number of aromatic nitrogens is 3. The van der Waals surface area contributed by atoms with Crippen molar-refractivity contribution in [3.63, 3.8) is 0 Å². The number of hydrogen-bond acceptors (Lipinski definition) is 16. The van der Waals surface area contributed by atoms with Crippen molar-refractivity contribution >= 4 is 36.3 Å². The number of nitrogens with zero attached hydrogens (tertiary/aromatic N) is 6. The summed E-state index contributed by atoms with van der Waals surface area (Å²) in [6, 6.07) is 54.2. The highest BCUT2D eigenvalue weighted by Crippen LogP contribution is 2.55. The lowest BCUT2D eigenvalue weighted by Gasteiger charge is -2.33. The molecule has 1 aliphatic rings. The zero-order valence-electron chi connectivity index (χ0n) is 57.6. The van der Waals surface area contributed by atoms with E-state index in [9.17, 15) is 14.9 Å². The second-order valence-electron chi connectivity index (χ2n) is 24.1. The highest BCUT2D eigenvalue weighted by Gasteiger charge is 2.42. The van der Waals surface area contributed by atoms with E-state index >= 15 is 0 Å². The van der Waals surface area contributed by atoms with Gasteiger partial charge in [0, 0.05) is 59.9 Å². The number of aryl methyl sites for hydroxylation is 1. The molecule has 0 saturated heterocycles. The van der Waals surface area contributed by atoms with E-state index in [1.54, 1.807) is 61.2 Å². The molecule has 8 aromatic carbocycles. The number of carbonyl (C=O) groups excluding carboxylic acids is 1. The highest BCUT2D eigenvalue weighted by molar-refractivity contribution is 8.09. The summed E-state index contributed by atoms with van der Waals surface area (Å²) in [4.78, 5) is 22.5. The lowest BCUT2D eigenvalue weighted by atomic mass is 9.70. The molecule has 0 N–H and O–H groups in total. The molecule has 516 valence electrons. The Kier molecular flexibility index (Phi) is 25.4. The molecular formula is C80H83N6O12PS. The zero-order chi connectivity index (χ0) is 70.3. The van der Waals surface area contributed by atoms with Gasteiger partial charge in [0.2, 0.25) is 0 Å². The Morgan fingerprint density at radius 3 is 1.64 bits per heavy atom. The second kappa shape index (κ2) is 35.3. The van der Waals surface area contributed by atoms with Gasteiger partial charge in [-0.05, 0) is 212 Å². The molecule has 9 aromatic rings. The molecule has 0 radical (unpaired) electrons. The lowest BCUT2D eigenvalue weighted by Crippen LogP contribution is -2.25. The van der Waals surface area contributed by atoms with Crippen LogP contribution in [0.25, 0.3) is 16.8 Å². The number of ether oxygens (including phenoxy) is 7. The summed E-state index contributed by atoms with van der Waals surface area (Å²) in [6.07, 6.45) is 15.0. The minimum absolute atomic E-state index is 0.107. The SMILES string of the molecule is CCCCC1(CCCC)c2cc(C#Cc3ccc(OC)cc3)ccc2-c2ccc(C#Cc3ccc(OCCCOc4ccc(OP(=S)(Oc5ccc(-n6cc(CCCCCCOc7cc([N+](=O)[O-])c(COC(C)=O)cc7OC)nn6)cc5)N(C)/N=C\c5ccc(OC)cc5)cc4)cc3)cc21. The number of nitro groups is 1. The summed E-state index contributed by atoms with van der Waals surface area (Å²) in [5.41, 5.74) is 11.6. The smallest absolute Gasteiger partial charge is 0.410 e. The number of hydrazone groups is 1. The van der Waals surface area contributed by atoms with Gasteiger partial charge >= 0.3 is 12.6 Å². The van der Waals surface area contributed by atoms with Crippen LogP contribution in [0.3, 0.4) is 0 Å². The fourth-order valence-corrected chi connectivity index (χ4v) is 13.6. The summed E-state index contributed by atoms with van der Waals surface area (Å²) in [7, 11) is 6.47. The van der Waals surface area contributed by atoms with E-state index in [2.05, 4.69) is 89.3 Å². The van der Waals surface area contributed by atoms with Gasteiger partial charge in [0.25, 0.3) is 5.69 Å². The van der Waals surface area contributed by atoms with Crippen LogP contribution in [-0.4, -0.2) is 85.1 Å². The van der Waals surface area contributed by atoms with E-state index in [4.69, 9.17) is 54.0 Å². The zero-order valence-corrected chi connectivity index (χ0v) is 59.3. The first kappa shape index (κ1) is 72.2. The third kappa shape index (κ3) is 19.2. The van der Waals surface area contributed by atoms with Crippen molar-refractivity contribution in [2.75, 3.05) is 48.2 Å². The molecule has 100 heavy (non-hydrogen) atoms. The van der Waals surface area contributed by atoms with Crippen LogP contribution in [0.2, 0.25) is 0 Å². The number of rotatable bonds is 34. The van der Waals surface area contributed by atoms with Crippen LogP contribution in [0.4, 0.5) is 5.69 Å². The number of esters is 1. The van der Waals surface area contributed by atoms with Crippen molar-refractivity contribution in [2.45, 2.75) is 110 Å². The molecule has 10 rings (SSSR count). The molecule has 1 heterocycles. The minimum atomic E-state index is -3.39. The summed E-state index contributed by atoms with van der Waals surface area (Å²) in [6.45, 7) is 3.38. The van der Waals surface area contributed by atoms with Crippen LogP contribution in [0.15, 0.2) is 181 Å². The predicted octanol–water partition coefficient (Wildman–Crippen LogP) is 17.4. The highest BCUT2D eigenvalue weighted by atomic mass is 32.5. The van der Waals surface area contributed by atoms with E-state index < -0.39 is 17.5 Å². The molecule has 0 bridgehead atoms. The van der Waals surface area contributed by atoms with Gasteiger partial charge in [-0.25, -0.2) is 9.46 Å². The van der Waals surface area contributed by atoms with E-state index in [0.717, 1.165) is 121 Å². The molecule has 0 amide bonds. The van der Waals surface area contributed by atoms with Gasteiger partial charge in [0.05, 0.1) is 81.5 Å². The Morgan fingerprint density at radius 1 is 0.600 bits per heavy atom. The summed E-state index contributed by atoms with van der Waals surface area (Å²) in [5, 5.41) is 25.2. The summed E-state index contributed by atoms with van der Waals surface area (Å²) < 4.78 is 55.6. The maximum Gasteiger partial charge on any atom is 0.410 e. The average molecular weight is 1380 g/mol. The Balaban J connectivity index is 0.702. The average Bonchev–Trinajstić information content (AvgIpc) is 1.57. The standard InChI is InChI=1S/C80H83N6O12PS/c1-8-10-46-80(47-11-9-2)75-51-61(20-18-59-22-32-67(90-5)33-23-59)28-44-73(75)74-45-29-62(52-76(74)80)21-19-60-24-36-69(37-25-60)93-49-16-50-94-70-40-42-72(43-41-70)98-99(100,84(4)81-55-63-26-34-68(91-6)35-27-63)97-71-38-30-66(31-39-71)85-56-65(82-83-85)17-14-12-13-15-48-95-79-54-77(86(88)89)64(53-78(79)92-7)57-96-58(3)87/h22-45,51-56H,8-17,46-50,57H2,1-7H3/b81-55-. The molecule has 0 aliphatic heterocycles. The molecule has 1 aliphatic carbocycles. The second-order valence-corrected chi connectivity index (χ2v) is 27.3. The topological polar surface area (TPSA) is 190 Å². The lowest BCUT2D eigenvalue weighted by molar-refractivity contribution is -0.385. The van der Waals surface area contributed by atoms with Crippen molar-refractivity contribution in [3.8, 4) is 86.5 Å². The van der Waals surface area contributed by atoms with Crippen molar-refractivity contribution in [3.05, 3.63) is 236 Å². The minimum Gasteiger partial charge on any atom is -0.497 e. The number of nitro benzene ring substituents is 1. The molecule has 18 nitrogen and oxygen atoms in total. The third-order valence-corrected chi connectivity index (χ3v) is 19.9. The number of carbonyl (C=O) groups is 1. The quantitative estimate of drug-likeness (QED) is 0.00703. The van der Waals surface area contributed by atoms with Crippen LogP contribution >= 0.6 is 6.64 Å². The van der Waals surface area contributed by atoms with Gasteiger partial charge in [-0.2, -0.15) is 5.10 Å². The van der Waals surface area contributed by atoms with E-state index in [1.807, 2.05) is 103 Å². The fraction of sp³-hybridized carbons (Fsp3) is 0.300. The van der Waals surface area contributed by atoms with Crippen molar-refractivity contribution in [1.82, 2.24) is 19.8 Å². The van der Waals surface area contributed by atoms with Crippen molar-refractivity contribution in [2.24, 2.45) is 5.10 Å². The van der Waals surface area contributed by atoms with Crippen LogP contribution in [0, 0.1) is 33.8 Å². The number of methoxy groups -OCH3 is 3. The molecule has 0 saturated carbocycles. The maximum absolute atomic E-state index is 11.7. The Morgan fingerprint density at radius 2 is 1.10 bits per heavy atom. The van der Waals surface area contributed by atoms with Crippen LogP contribution < -0.4 is 37.5 Å². The molecule has 0 spiro atoms. The number of fused-ring (bicyclic) bond motifs is 3. The monoisotopic (exact) mass is 1380 g/mol. The fourth-order valence-electron chi connectivity index (χ4n) is 11.7. The first-order valence-electron chi connectivity index (χ1n) is 33.7. The first-order valence-corrected chi connectivity index (χ1v) is 36.3. The van der Waals surface area contributed by atoms with Gasteiger partial charge < -0.3 is 42.2 Å². The maximum atomic E-state index is 11.7. The van der Waals surface area contributed by atoms with E-state index in [-0.39, 0.29) is 29.0 Å². The normalized spacial score (nSPS) is 12.3. The van der Waals surface area contributed by atoms with Crippen molar-refractivity contribution in [1.29, 1.82) is 0 Å². The summed E-state index contributed by atoms with van der Waals surface area (Å²) in [5.74, 6) is 17.7. The van der Waals surface area contributed by atoms with Crippen LogP contribution in [-0.2, 0) is 39.8 Å². The van der Waals surface area contributed by atoms with Gasteiger partial charge in [-0.1, -0.05) is 93.4 Å². The van der Waals surface area contributed by atoms with E-state index in [0.29, 0.717) is 55.7 Å². The third-order valence-electron chi connectivity index (χ3n) is 17.1. The van der Waals surface area contributed by atoms with E-state index in [1.165, 1.54) is 48.4 Å². The first-order chi connectivity index (χ1) is 48.7. The van der Waals surface area contributed by atoms with Gasteiger partial charge in [-0.3, -0.25) is 14.9 Å². The number of benzene rings is 8.